The number of halogens is 1. The Labute approximate surface area is 97.4 Å². The Bertz CT molecular complexity index is 514. The summed E-state index contributed by atoms with van der Waals surface area (Å²) in [6.45, 7) is 4.01. The molecule has 0 amide bonds. The SMILES string of the molecule is Cc1cc(Br)cc2c1nc(C(C)N)n2C. The molecule has 0 spiro atoms. The minimum atomic E-state index is -0.0411. The predicted molar refractivity (Wildman–Crippen MR) is 65.8 cm³/mol. The van der Waals surface area contributed by atoms with Gasteiger partial charge in [0.1, 0.15) is 5.82 Å². The van der Waals surface area contributed by atoms with Crippen LogP contribution in [0.2, 0.25) is 0 Å². The topological polar surface area (TPSA) is 43.8 Å². The Morgan fingerprint density at radius 2 is 2.13 bits per heavy atom. The Hall–Kier alpha value is -0.870. The van der Waals surface area contributed by atoms with Crippen molar-refractivity contribution in [2.45, 2.75) is 19.9 Å². The molecule has 0 saturated heterocycles. The molecule has 0 bridgehead atoms. The maximum Gasteiger partial charge on any atom is 0.126 e. The summed E-state index contributed by atoms with van der Waals surface area (Å²) >= 11 is 3.49. The predicted octanol–water partition coefficient (Wildman–Crippen LogP) is 2.66. The van der Waals surface area contributed by atoms with Crippen molar-refractivity contribution >= 4 is 27.0 Å². The highest BCUT2D eigenvalue weighted by molar-refractivity contribution is 9.10. The zero-order valence-corrected chi connectivity index (χ0v) is 10.7. The van der Waals surface area contributed by atoms with Gasteiger partial charge in [0.2, 0.25) is 0 Å². The fraction of sp³-hybridized carbons (Fsp3) is 0.364. The minimum Gasteiger partial charge on any atom is -0.330 e. The molecule has 4 heteroatoms. The third-order valence-corrected chi connectivity index (χ3v) is 3.04. The summed E-state index contributed by atoms with van der Waals surface area (Å²) in [6, 6.07) is 4.10. The van der Waals surface area contributed by atoms with Gasteiger partial charge in [0.05, 0.1) is 17.1 Å². The minimum absolute atomic E-state index is 0.0411. The number of nitrogens with two attached hydrogens (primary N) is 1. The fourth-order valence-corrected chi connectivity index (χ4v) is 2.40. The normalized spacial score (nSPS) is 13.4. The molecule has 0 fully saturated rings. The number of aryl methyl sites for hydroxylation is 2. The first kappa shape index (κ1) is 10.6. The summed E-state index contributed by atoms with van der Waals surface area (Å²) in [4.78, 5) is 4.57. The van der Waals surface area contributed by atoms with E-state index in [2.05, 4.69) is 44.5 Å². The average molecular weight is 268 g/mol. The van der Waals surface area contributed by atoms with Crippen molar-refractivity contribution in [2.24, 2.45) is 12.8 Å². The number of nitrogens with zero attached hydrogens (tertiary/aromatic N) is 2. The van der Waals surface area contributed by atoms with E-state index in [-0.39, 0.29) is 6.04 Å². The van der Waals surface area contributed by atoms with E-state index in [0.717, 1.165) is 21.3 Å². The smallest absolute Gasteiger partial charge is 0.126 e. The van der Waals surface area contributed by atoms with E-state index < -0.39 is 0 Å². The van der Waals surface area contributed by atoms with Gasteiger partial charge in [-0.05, 0) is 31.5 Å². The summed E-state index contributed by atoms with van der Waals surface area (Å²) in [5, 5.41) is 0. The average Bonchev–Trinajstić information content (AvgIpc) is 2.44. The summed E-state index contributed by atoms with van der Waals surface area (Å²) in [5.74, 6) is 0.922. The van der Waals surface area contributed by atoms with Crippen LogP contribution in [0.4, 0.5) is 0 Å². The van der Waals surface area contributed by atoms with Crippen molar-refractivity contribution in [2.75, 3.05) is 0 Å². The Morgan fingerprint density at radius 1 is 1.47 bits per heavy atom. The van der Waals surface area contributed by atoms with Crippen LogP contribution >= 0.6 is 15.9 Å². The maximum atomic E-state index is 5.87. The number of benzene rings is 1. The standard InChI is InChI=1S/C11H14BrN3/c1-6-4-8(12)5-9-10(6)14-11(7(2)13)15(9)3/h4-5,7H,13H2,1-3H3. The molecule has 0 aliphatic carbocycles. The molecule has 15 heavy (non-hydrogen) atoms. The van der Waals surface area contributed by atoms with E-state index in [9.17, 15) is 0 Å². The molecular formula is C11H14BrN3. The maximum absolute atomic E-state index is 5.87. The van der Waals surface area contributed by atoms with Crippen molar-refractivity contribution in [1.29, 1.82) is 0 Å². The second-order valence-electron chi connectivity index (χ2n) is 3.91. The van der Waals surface area contributed by atoms with Crippen LogP contribution in [0.3, 0.4) is 0 Å². The van der Waals surface area contributed by atoms with Crippen molar-refractivity contribution in [3.63, 3.8) is 0 Å². The Morgan fingerprint density at radius 3 is 2.73 bits per heavy atom. The quantitative estimate of drug-likeness (QED) is 0.864. The largest absolute Gasteiger partial charge is 0.330 e. The van der Waals surface area contributed by atoms with Crippen molar-refractivity contribution in [3.8, 4) is 0 Å². The lowest BCUT2D eigenvalue weighted by molar-refractivity contribution is 0.696. The molecule has 2 N–H and O–H groups in total. The lowest BCUT2D eigenvalue weighted by atomic mass is 10.2. The molecule has 3 nitrogen and oxygen atoms in total. The summed E-state index contributed by atoms with van der Waals surface area (Å²) < 4.78 is 3.13. The highest BCUT2D eigenvalue weighted by Gasteiger charge is 2.12. The monoisotopic (exact) mass is 267 g/mol. The first-order chi connectivity index (χ1) is 7.00. The summed E-state index contributed by atoms with van der Waals surface area (Å²) in [5.41, 5.74) is 9.19. The van der Waals surface area contributed by atoms with Crippen molar-refractivity contribution in [1.82, 2.24) is 9.55 Å². The third kappa shape index (κ3) is 1.68. The number of aromatic nitrogens is 2. The van der Waals surface area contributed by atoms with Gasteiger partial charge in [-0.2, -0.15) is 0 Å². The van der Waals surface area contributed by atoms with Crippen LogP contribution in [0.25, 0.3) is 11.0 Å². The second kappa shape index (κ2) is 3.61. The highest BCUT2D eigenvalue weighted by atomic mass is 79.9. The van der Waals surface area contributed by atoms with Crippen LogP contribution in [0.15, 0.2) is 16.6 Å². The molecule has 1 heterocycles. The van der Waals surface area contributed by atoms with Gasteiger partial charge in [0, 0.05) is 11.5 Å². The Balaban J connectivity index is 2.82. The van der Waals surface area contributed by atoms with E-state index in [1.54, 1.807) is 0 Å². The number of hydrogen-bond donors (Lipinski definition) is 1. The van der Waals surface area contributed by atoms with Crippen LogP contribution < -0.4 is 5.73 Å². The van der Waals surface area contributed by atoms with E-state index in [4.69, 9.17) is 5.73 Å². The highest BCUT2D eigenvalue weighted by Crippen LogP contribution is 2.25. The molecule has 1 atom stereocenters. The van der Waals surface area contributed by atoms with Crippen molar-refractivity contribution in [3.05, 3.63) is 28.0 Å². The fourth-order valence-electron chi connectivity index (χ4n) is 1.84. The van der Waals surface area contributed by atoms with E-state index in [0.29, 0.717) is 0 Å². The zero-order valence-electron chi connectivity index (χ0n) is 9.08. The molecular weight excluding hydrogens is 254 g/mol. The number of fused-ring (bicyclic) bond motifs is 1. The van der Waals surface area contributed by atoms with Gasteiger partial charge in [0.25, 0.3) is 0 Å². The van der Waals surface area contributed by atoms with Gasteiger partial charge in [-0.1, -0.05) is 15.9 Å². The van der Waals surface area contributed by atoms with Crippen LogP contribution in [0.5, 0.6) is 0 Å². The molecule has 0 radical (unpaired) electrons. The zero-order chi connectivity index (χ0) is 11.2. The molecule has 1 unspecified atom stereocenters. The van der Waals surface area contributed by atoms with E-state index >= 15 is 0 Å². The van der Waals surface area contributed by atoms with Crippen LogP contribution in [-0.4, -0.2) is 9.55 Å². The molecule has 0 saturated carbocycles. The van der Waals surface area contributed by atoms with E-state index in [1.807, 2.05) is 14.0 Å². The molecule has 2 rings (SSSR count). The molecule has 1 aromatic heterocycles. The van der Waals surface area contributed by atoms with E-state index in [1.165, 1.54) is 5.56 Å². The lowest BCUT2D eigenvalue weighted by Gasteiger charge is -2.04. The van der Waals surface area contributed by atoms with Gasteiger partial charge in [-0.3, -0.25) is 0 Å². The van der Waals surface area contributed by atoms with Crippen molar-refractivity contribution < 1.29 is 0 Å². The van der Waals surface area contributed by atoms with Gasteiger partial charge in [-0.15, -0.1) is 0 Å². The second-order valence-corrected chi connectivity index (χ2v) is 4.82. The number of rotatable bonds is 1. The van der Waals surface area contributed by atoms with Crippen LogP contribution in [0.1, 0.15) is 24.4 Å². The molecule has 0 aliphatic rings. The summed E-state index contributed by atoms with van der Waals surface area (Å²) in [7, 11) is 2.00. The molecule has 2 aromatic rings. The van der Waals surface area contributed by atoms with Crippen LogP contribution in [0, 0.1) is 6.92 Å². The van der Waals surface area contributed by atoms with Gasteiger partial charge < -0.3 is 10.3 Å². The van der Waals surface area contributed by atoms with Gasteiger partial charge >= 0.3 is 0 Å². The number of imidazole rings is 1. The van der Waals surface area contributed by atoms with Gasteiger partial charge in [0.15, 0.2) is 0 Å². The van der Waals surface area contributed by atoms with Gasteiger partial charge in [-0.25, -0.2) is 4.98 Å². The molecule has 0 aliphatic heterocycles. The third-order valence-electron chi connectivity index (χ3n) is 2.58. The Kier molecular flexibility index (Phi) is 2.56. The molecule has 80 valence electrons. The summed E-state index contributed by atoms with van der Waals surface area (Å²) in [6.07, 6.45) is 0. The first-order valence-electron chi connectivity index (χ1n) is 4.88. The van der Waals surface area contributed by atoms with Crippen LogP contribution in [-0.2, 0) is 7.05 Å². The first-order valence-corrected chi connectivity index (χ1v) is 5.68. The molecule has 1 aromatic carbocycles. The lowest BCUT2D eigenvalue weighted by Crippen LogP contribution is -2.11. The number of hydrogen-bond acceptors (Lipinski definition) is 2.